The first kappa shape index (κ1) is 35.3. The minimum atomic E-state index is -0.939. The molecule has 0 spiro atoms. The third-order valence-corrected chi connectivity index (χ3v) is 10.8. The Hall–Kier alpha value is -3.04. The van der Waals surface area contributed by atoms with Crippen LogP contribution in [-0.4, -0.2) is 59.1 Å². The highest BCUT2D eigenvalue weighted by atomic mass is 32.2. The molecule has 2 aromatic carbocycles. The van der Waals surface area contributed by atoms with Crippen LogP contribution in [0.3, 0.4) is 0 Å². The minimum absolute atomic E-state index is 0.0370. The molecule has 3 aliphatic rings. The second-order valence-corrected chi connectivity index (χ2v) is 14.0. The third-order valence-electron chi connectivity index (χ3n) is 9.61. The van der Waals surface area contributed by atoms with Crippen LogP contribution in [0.25, 0.3) is 0 Å². The number of fused-ring (bicyclic) bond motifs is 2. The molecule has 0 bridgehead atoms. The molecule has 2 aliphatic carbocycles. The van der Waals surface area contributed by atoms with Gasteiger partial charge in [-0.3, -0.25) is 0 Å². The first-order valence-electron chi connectivity index (χ1n) is 17.2. The number of unbranched alkanes of at least 4 members (excludes halogenated alkanes) is 2. The molecule has 6 atom stereocenters. The number of hydrogen-bond acceptors (Lipinski definition) is 8. The van der Waals surface area contributed by atoms with Gasteiger partial charge in [-0.05, 0) is 72.6 Å². The lowest BCUT2D eigenvalue weighted by molar-refractivity contribution is -0.223. The van der Waals surface area contributed by atoms with Crippen molar-refractivity contribution in [3.05, 3.63) is 96.6 Å². The number of oxime groups is 1. The highest BCUT2D eigenvalue weighted by Gasteiger charge is 2.63. The zero-order valence-corrected chi connectivity index (χ0v) is 28.5. The van der Waals surface area contributed by atoms with E-state index in [0.29, 0.717) is 26.2 Å². The van der Waals surface area contributed by atoms with Gasteiger partial charge in [0.05, 0.1) is 23.5 Å². The molecule has 0 radical (unpaired) electrons. The molecule has 1 heterocycles. The Morgan fingerprint density at radius 2 is 1.77 bits per heavy atom. The Kier molecular flexibility index (Phi) is 13.0. The van der Waals surface area contributed by atoms with E-state index < -0.39 is 5.79 Å². The molecule has 47 heavy (non-hydrogen) atoms. The average molecular weight is 662 g/mol. The van der Waals surface area contributed by atoms with Crippen molar-refractivity contribution < 1.29 is 29.3 Å². The summed E-state index contributed by atoms with van der Waals surface area (Å²) in [5, 5.41) is 24.3. The van der Waals surface area contributed by atoms with Crippen LogP contribution in [0.5, 0.6) is 11.5 Å². The fraction of sp³-hybridized carbons (Fsp3) is 0.513. The monoisotopic (exact) mass is 661 g/mol. The van der Waals surface area contributed by atoms with E-state index in [4.69, 9.17) is 24.2 Å². The van der Waals surface area contributed by atoms with Gasteiger partial charge in [0.15, 0.2) is 0 Å². The van der Waals surface area contributed by atoms with Crippen LogP contribution >= 0.6 is 11.8 Å². The summed E-state index contributed by atoms with van der Waals surface area (Å²) in [6, 6.07) is 16.3. The summed E-state index contributed by atoms with van der Waals surface area (Å²) in [5.41, 5.74) is 4.27. The fourth-order valence-electron chi connectivity index (χ4n) is 7.68. The average Bonchev–Trinajstić information content (AvgIpc) is 3.09. The van der Waals surface area contributed by atoms with E-state index in [0.717, 1.165) is 78.2 Å². The summed E-state index contributed by atoms with van der Waals surface area (Å²) in [6.07, 6.45) is 11.9. The summed E-state index contributed by atoms with van der Waals surface area (Å²) >= 11 is 1.84. The van der Waals surface area contributed by atoms with E-state index in [1.165, 1.54) is 0 Å². The maximum Gasteiger partial charge on any atom is 0.230 e. The smallest absolute Gasteiger partial charge is 0.230 e. The van der Waals surface area contributed by atoms with Crippen LogP contribution in [0, 0.1) is 17.8 Å². The lowest BCUT2D eigenvalue weighted by Gasteiger charge is -2.58. The van der Waals surface area contributed by atoms with Gasteiger partial charge < -0.3 is 29.3 Å². The molecule has 6 unspecified atom stereocenters. The van der Waals surface area contributed by atoms with Gasteiger partial charge in [-0.2, -0.15) is 11.8 Å². The molecule has 1 aliphatic heterocycles. The summed E-state index contributed by atoms with van der Waals surface area (Å²) < 4.78 is 20.1. The largest absolute Gasteiger partial charge is 0.490 e. The first-order chi connectivity index (χ1) is 23.1. The normalized spacial score (nSPS) is 26.8. The summed E-state index contributed by atoms with van der Waals surface area (Å²) in [4.78, 5) is 6.09. The van der Waals surface area contributed by atoms with E-state index in [-0.39, 0.29) is 42.1 Å². The maximum atomic E-state index is 9.76. The summed E-state index contributed by atoms with van der Waals surface area (Å²) in [6.45, 7) is 11.5. The van der Waals surface area contributed by atoms with Crippen LogP contribution in [-0.2, 0) is 16.2 Å². The lowest BCUT2D eigenvalue weighted by Crippen LogP contribution is -2.64. The Bertz CT molecular complexity index is 1380. The van der Waals surface area contributed by atoms with Crippen molar-refractivity contribution in [1.29, 1.82) is 0 Å². The van der Waals surface area contributed by atoms with Gasteiger partial charge in [0.2, 0.25) is 5.79 Å². The van der Waals surface area contributed by atoms with Crippen LogP contribution in [0.2, 0.25) is 0 Å². The van der Waals surface area contributed by atoms with Gasteiger partial charge in [0, 0.05) is 31.1 Å². The van der Waals surface area contributed by atoms with E-state index >= 15 is 0 Å². The number of thioether (sulfide) groups is 1. The molecule has 0 saturated heterocycles. The van der Waals surface area contributed by atoms with Crippen molar-refractivity contribution in [2.45, 2.75) is 75.4 Å². The molecule has 5 rings (SSSR count). The number of benzene rings is 2. The molecule has 1 fully saturated rings. The number of ether oxygens (including phenoxy) is 3. The van der Waals surface area contributed by atoms with Crippen LogP contribution < -0.4 is 9.47 Å². The highest BCUT2D eigenvalue weighted by molar-refractivity contribution is 8.00. The van der Waals surface area contributed by atoms with Gasteiger partial charge in [-0.1, -0.05) is 80.1 Å². The molecular formula is C39H51NO6S. The predicted molar refractivity (Wildman–Crippen MR) is 190 cm³/mol. The van der Waals surface area contributed by atoms with Crippen molar-refractivity contribution in [2.24, 2.45) is 22.9 Å². The Labute approximate surface area is 284 Å². The molecule has 0 amide bonds. The number of hydrogen-bond donors (Lipinski definition) is 2. The number of aliphatic hydroxyl groups is 2. The maximum absolute atomic E-state index is 9.76. The van der Waals surface area contributed by atoms with E-state index in [1.807, 2.05) is 54.2 Å². The molecule has 2 N–H and O–H groups in total. The molecule has 1 saturated carbocycles. The quantitative estimate of drug-likeness (QED) is 0.0901. The van der Waals surface area contributed by atoms with Crippen LogP contribution in [0.4, 0.5) is 0 Å². The summed E-state index contributed by atoms with van der Waals surface area (Å²) in [5.74, 6) is 1.97. The van der Waals surface area contributed by atoms with E-state index in [2.05, 4.69) is 32.2 Å². The molecule has 254 valence electrons. The van der Waals surface area contributed by atoms with Crippen molar-refractivity contribution in [3.8, 4) is 11.5 Å². The standard InChI is InChI=1S/C39H51NO6S/c1-4-22-43-30-18-19-35-33(25-30)37-31(17-11-13-21-42)29(16-10-12-20-41)24-32-34(40-45-27-28-14-8-7-9-15-28)26-36(47-6-3)39(46-35,38(32)37)44-23-5-2/h4-5,7-9,14-15,18-19,24-25,29,31,36-38,41-42H,1-2,6,10-13,16-17,20-23,26-27H2,3H3. The van der Waals surface area contributed by atoms with E-state index in [9.17, 15) is 10.2 Å². The van der Waals surface area contributed by atoms with Gasteiger partial charge in [-0.15, -0.1) is 6.58 Å². The van der Waals surface area contributed by atoms with Gasteiger partial charge in [0.25, 0.3) is 0 Å². The number of rotatable bonds is 19. The highest BCUT2D eigenvalue weighted by Crippen LogP contribution is 2.62. The molecule has 2 aromatic rings. The Balaban J connectivity index is 1.68. The Morgan fingerprint density at radius 3 is 2.49 bits per heavy atom. The first-order valence-corrected chi connectivity index (χ1v) is 18.2. The predicted octanol–water partition coefficient (Wildman–Crippen LogP) is 7.84. The molecule has 0 aromatic heterocycles. The molecule has 7 nitrogen and oxygen atoms in total. The summed E-state index contributed by atoms with van der Waals surface area (Å²) in [7, 11) is 0. The van der Waals surface area contributed by atoms with E-state index in [1.54, 1.807) is 12.2 Å². The van der Waals surface area contributed by atoms with Gasteiger partial charge in [0.1, 0.15) is 24.7 Å². The van der Waals surface area contributed by atoms with Crippen molar-refractivity contribution in [3.63, 3.8) is 0 Å². The molecular weight excluding hydrogens is 610 g/mol. The second-order valence-electron chi connectivity index (χ2n) is 12.6. The Morgan fingerprint density at radius 1 is 1.00 bits per heavy atom. The third kappa shape index (κ3) is 7.99. The SMILES string of the molecule is C=CCOc1ccc2c(c1)C1C(CCCCO)C(CCCCO)C=C3C(=NOCc4ccccc4)CC(SCC)C(OCC=C)(O2)C31. The van der Waals surface area contributed by atoms with Gasteiger partial charge >= 0.3 is 0 Å². The number of allylic oxidation sites excluding steroid dienone is 1. The lowest BCUT2D eigenvalue weighted by atomic mass is 9.56. The van der Waals surface area contributed by atoms with Crippen LogP contribution in [0.15, 0.2) is 90.6 Å². The van der Waals surface area contributed by atoms with Crippen molar-refractivity contribution in [2.75, 3.05) is 32.2 Å². The number of aliphatic hydroxyl groups excluding tert-OH is 2. The minimum Gasteiger partial charge on any atom is -0.490 e. The topological polar surface area (TPSA) is 89.7 Å². The molecule has 8 heteroatoms. The van der Waals surface area contributed by atoms with Gasteiger partial charge in [-0.25, -0.2) is 0 Å². The zero-order valence-electron chi connectivity index (χ0n) is 27.7. The van der Waals surface area contributed by atoms with Crippen LogP contribution in [0.1, 0.15) is 68.9 Å². The fourth-order valence-corrected chi connectivity index (χ4v) is 8.85. The zero-order chi connectivity index (χ0) is 33.1. The number of nitrogens with zero attached hydrogens (tertiary/aromatic N) is 1. The van der Waals surface area contributed by atoms with Crippen molar-refractivity contribution >= 4 is 17.5 Å². The van der Waals surface area contributed by atoms with Crippen molar-refractivity contribution in [1.82, 2.24) is 0 Å². The second kappa shape index (κ2) is 17.4.